The lowest BCUT2D eigenvalue weighted by molar-refractivity contribution is -0.0738. The molecule has 2 heterocycles. The second kappa shape index (κ2) is 7.90. The number of phenols is 1. The Morgan fingerprint density at radius 2 is 1.84 bits per heavy atom. The molecule has 8 heteroatoms. The summed E-state index contributed by atoms with van der Waals surface area (Å²) in [4.78, 5) is 13.5. The molecule has 7 nitrogen and oxygen atoms in total. The summed E-state index contributed by atoms with van der Waals surface area (Å²) < 4.78 is 31.1. The molecule has 3 aromatic carbocycles. The van der Waals surface area contributed by atoms with Crippen molar-refractivity contribution in [2.45, 2.75) is 12.2 Å². The highest BCUT2D eigenvalue weighted by atomic mass is 19.1. The first-order chi connectivity index (χ1) is 15.5. The molecule has 1 atom stereocenters. The molecule has 0 fully saturated rings. The normalized spacial score (nSPS) is 17.6. The molecule has 0 radical (unpaired) electrons. The van der Waals surface area contributed by atoms with Crippen molar-refractivity contribution in [3.63, 3.8) is 0 Å². The number of nitrogens with zero attached hydrogens (tertiary/aromatic N) is 2. The molecule has 5 rings (SSSR count). The van der Waals surface area contributed by atoms with Crippen LogP contribution in [0.4, 0.5) is 4.39 Å². The van der Waals surface area contributed by atoms with E-state index in [1.807, 2.05) is 0 Å². The van der Waals surface area contributed by atoms with E-state index in [0.717, 1.165) is 0 Å². The minimum Gasteiger partial charge on any atom is -0.508 e. The fraction of sp³-hybridized carbons (Fsp3) is 0.125. The van der Waals surface area contributed by atoms with Gasteiger partial charge in [0, 0.05) is 5.56 Å². The van der Waals surface area contributed by atoms with E-state index in [-0.39, 0.29) is 36.5 Å². The van der Waals surface area contributed by atoms with Gasteiger partial charge >= 0.3 is 0 Å². The van der Waals surface area contributed by atoms with E-state index in [1.54, 1.807) is 48.5 Å². The van der Waals surface area contributed by atoms with Crippen LogP contribution in [0.25, 0.3) is 11.5 Å². The predicted molar refractivity (Wildman–Crippen MR) is 111 cm³/mol. The molecule has 1 aliphatic rings. The number of Topliss-reactive ketones (excluding diaryl/α,β-unsaturated/α-hetero) is 1. The van der Waals surface area contributed by atoms with E-state index in [9.17, 15) is 14.3 Å². The van der Waals surface area contributed by atoms with Crippen LogP contribution in [0, 0.1) is 5.82 Å². The van der Waals surface area contributed by atoms with Crippen LogP contribution in [0.15, 0.2) is 77.2 Å². The van der Waals surface area contributed by atoms with Crippen molar-refractivity contribution >= 4 is 5.78 Å². The van der Waals surface area contributed by atoms with Gasteiger partial charge in [-0.25, -0.2) is 4.39 Å². The van der Waals surface area contributed by atoms with Crippen molar-refractivity contribution in [1.29, 1.82) is 0 Å². The SMILES string of the molecule is O=C1c2ccccc2OCC1(OCc1nnc(-c2cccc(F)c2)o1)c1ccc(O)cc1. The van der Waals surface area contributed by atoms with Crippen LogP contribution >= 0.6 is 0 Å². The van der Waals surface area contributed by atoms with Gasteiger partial charge in [0.05, 0.1) is 5.56 Å². The lowest BCUT2D eigenvalue weighted by Crippen LogP contribution is -2.47. The van der Waals surface area contributed by atoms with Crippen molar-refractivity contribution < 1.29 is 28.2 Å². The number of carbonyl (C=O) groups excluding carboxylic acids is 1. The van der Waals surface area contributed by atoms with Crippen LogP contribution in [-0.4, -0.2) is 27.7 Å². The fourth-order valence-corrected chi connectivity index (χ4v) is 3.61. The molecular weight excluding hydrogens is 415 g/mol. The van der Waals surface area contributed by atoms with Crippen molar-refractivity contribution in [1.82, 2.24) is 10.2 Å². The first-order valence-electron chi connectivity index (χ1n) is 9.83. The van der Waals surface area contributed by atoms with Gasteiger partial charge in [0.15, 0.2) is 5.60 Å². The van der Waals surface area contributed by atoms with Crippen LogP contribution in [0.3, 0.4) is 0 Å². The zero-order chi connectivity index (χ0) is 22.1. The second-order valence-corrected chi connectivity index (χ2v) is 7.29. The van der Waals surface area contributed by atoms with Gasteiger partial charge < -0.3 is 19.0 Å². The van der Waals surface area contributed by atoms with Crippen LogP contribution in [0.2, 0.25) is 0 Å². The van der Waals surface area contributed by atoms with Gasteiger partial charge in [0.2, 0.25) is 17.6 Å². The molecule has 1 aliphatic heterocycles. The zero-order valence-electron chi connectivity index (χ0n) is 16.7. The summed E-state index contributed by atoms with van der Waals surface area (Å²) in [6.45, 7) is -0.251. The zero-order valence-corrected chi connectivity index (χ0v) is 16.7. The van der Waals surface area contributed by atoms with E-state index < -0.39 is 11.4 Å². The number of para-hydroxylation sites is 1. The number of carbonyl (C=O) groups is 1. The number of hydrogen-bond acceptors (Lipinski definition) is 7. The number of phenolic OH excluding ortho intramolecular Hbond substituents is 1. The van der Waals surface area contributed by atoms with Gasteiger partial charge in [0.25, 0.3) is 0 Å². The maximum Gasteiger partial charge on any atom is 0.247 e. The van der Waals surface area contributed by atoms with Crippen molar-refractivity contribution in [2.24, 2.45) is 0 Å². The van der Waals surface area contributed by atoms with Crippen LogP contribution in [0.1, 0.15) is 21.8 Å². The summed E-state index contributed by atoms with van der Waals surface area (Å²) in [6, 6.07) is 18.9. The Kier molecular flexibility index (Phi) is 4.91. The minimum absolute atomic E-state index is 0.0603. The lowest BCUT2D eigenvalue weighted by atomic mass is 9.84. The maximum atomic E-state index is 13.5. The predicted octanol–water partition coefficient (Wildman–Crippen LogP) is 4.27. The monoisotopic (exact) mass is 432 g/mol. The van der Waals surface area contributed by atoms with Gasteiger partial charge in [-0.3, -0.25) is 4.79 Å². The third-order valence-corrected chi connectivity index (χ3v) is 5.24. The number of aromatic nitrogens is 2. The Bertz CT molecular complexity index is 1290. The van der Waals surface area contributed by atoms with E-state index in [2.05, 4.69) is 10.2 Å². The number of fused-ring (bicyclic) bond motifs is 1. The Morgan fingerprint density at radius 1 is 1.03 bits per heavy atom. The molecule has 160 valence electrons. The van der Waals surface area contributed by atoms with E-state index >= 15 is 0 Å². The molecule has 32 heavy (non-hydrogen) atoms. The third kappa shape index (κ3) is 3.50. The average molecular weight is 432 g/mol. The molecule has 1 unspecified atom stereocenters. The smallest absolute Gasteiger partial charge is 0.247 e. The maximum absolute atomic E-state index is 13.5. The summed E-state index contributed by atoms with van der Waals surface area (Å²) >= 11 is 0. The highest BCUT2D eigenvalue weighted by molar-refractivity contribution is 6.06. The number of rotatable bonds is 5. The number of aromatic hydroxyl groups is 1. The molecule has 0 saturated heterocycles. The Balaban J connectivity index is 1.47. The Hall–Kier alpha value is -4.04. The molecule has 0 saturated carbocycles. The van der Waals surface area contributed by atoms with Crippen molar-refractivity contribution in [3.8, 4) is 23.0 Å². The molecule has 0 spiro atoms. The largest absolute Gasteiger partial charge is 0.508 e. The van der Waals surface area contributed by atoms with Gasteiger partial charge in [-0.1, -0.05) is 30.3 Å². The Morgan fingerprint density at radius 3 is 2.66 bits per heavy atom. The molecule has 0 bridgehead atoms. The van der Waals surface area contributed by atoms with Gasteiger partial charge in [-0.05, 0) is 48.0 Å². The van der Waals surface area contributed by atoms with Crippen molar-refractivity contribution in [3.05, 3.63) is 95.6 Å². The van der Waals surface area contributed by atoms with Crippen LogP contribution in [0.5, 0.6) is 11.5 Å². The van der Waals surface area contributed by atoms with E-state index in [0.29, 0.717) is 22.4 Å². The third-order valence-electron chi connectivity index (χ3n) is 5.24. The van der Waals surface area contributed by atoms with E-state index in [1.165, 1.54) is 24.3 Å². The second-order valence-electron chi connectivity index (χ2n) is 7.29. The first-order valence-corrected chi connectivity index (χ1v) is 9.83. The summed E-state index contributed by atoms with van der Waals surface area (Å²) in [6.07, 6.45) is 0. The summed E-state index contributed by atoms with van der Waals surface area (Å²) in [7, 11) is 0. The number of hydrogen-bond donors (Lipinski definition) is 1. The van der Waals surface area contributed by atoms with Gasteiger partial charge in [-0.15, -0.1) is 10.2 Å². The van der Waals surface area contributed by atoms with E-state index in [4.69, 9.17) is 13.9 Å². The fourth-order valence-electron chi connectivity index (χ4n) is 3.61. The first kappa shape index (κ1) is 19.9. The van der Waals surface area contributed by atoms with Crippen LogP contribution < -0.4 is 4.74 Å². The topological polar surface area (TPSA) is 94.7 Å². The lowest BCUT2D eigenvalue weighted by Gasteiger charge is -2.36. The summed E-state index contributed by atoms with van der Waals surface area (Å²) in [5, 5.41) is 17.6. The molecule has 0 aliphatic carbocycles. The Labute approximate surface area is 182 Å². The van der Waals surface area contributed by atoms with Crippen molar-refractivity contribution in [2.75, 3.05) is 6.61 Å². The highest BCUT2D eigenvalue weighted by Crippen LogP contribution is 2.39. The number of ether oxygens (including phenoxy) is 2. The molecule has 4 aromatic rings. The summed E-state index contributed by atoms with van der Waals surface area (Å²) in [5.74, 6) is 0.0857. The minimum atomic E-state index is -1.48. The average Bonchev–Trinajstić information content (AvgIpc) is 3.29. The number of halogens is 1. The number of benzene rings is 3. The molecular formula is C24H17FN2O5. The standard InChI is InChI=1S/C24H17FN2O5/c25-17-5-3-4-15(12-17)23-27-26-21(32-23)13-31-24(16-8-10-18(28)11-9-16)14-30-20-7-2-1-6-19(20)22(24)29/h1-12,28H,13-14H2. The molecule has 1 aromatic heterocycles. The highest BCUT2D eigenvalue weighted by Gasteiger charge is 2.47. The molecule has 0 amide bonds. The van der Waals surface area contributed by atoms with Gasteiger partial charge in [0.1, 0.15) is 30.5 Å². The molecule has 1 N–H and O–H groups in total. The quantitative estimate of drug-likeness (QED) is 0.503. The van der Waals surface area contributed by atoms with Gasteiger partial charge in [-0.2, -0.15) is 0 Å². The summed E-state index contributed by atoms with van der Waals surface area (Å²) in [5.41, 5.74) is -0.143. The van der Waals surface area contributed by atoms with Crippen LogP contribution in [-0.2, 0) is 16.9 Å². The number of ketones is 1.